The van der Waals surface area contributed by atoms with E-state index in [2.05, 4.69) is 5.32 Å². The zero-order chi connectivity index (χ0) is 30.8. The summed E-state index contributed by atoms with van der Waals surface area (Å²) in [6.07, 6.45) is 7.17. The number of halogens is 1. The van der Waals surface area contributed by atoms with Gasteiger partial charge in [-0.05, 0) is 61.6 Å². The normalized spacial score (nSPS) is 14.6. The second kappa shape index (κ2) is 15.4. The highest BCUT2D eigenvalue weighted by Gasteiger charge is 2.32. The number of nitrogens with zero attached hydrogens (tertiary/aromatic N) is 2. The van der Waals surface area contributed by atoms with Gasteiger partial charge < -0.3 is 10.2 Å². The number of hydrogen-bond donors (Lipinski definition) is 1. The predicted molar refractivity (Wildman–Crippen MR) is 174 cm³/mol. The van der Waals surface area contributed by atoms with Gasteiger partial charge in [-0.3, -0.25) is 13.9 Å². The first-order valence-electron chi connectivity index (χ1n) is 15.0. The average Bonchev–Trinajstić information content (AvgIpc) is 2.99. The molecule has 2 amide bonds. The number of aryl methyl sites for hydroxylation is 1. The number of nitrogens with one attached hydrogen (secondary N) is 1. The van der Waals surface area contributed by atoms with E-state index in [4.69, 9.17) is 11.6 Å². The van der Waals surface area contributed by atoms with Crippen LogP contribution in [0.25, 0.3) is 0 Å². The quantitative estimate of drug-likeness (QED) is 0.243. The molecule has 1 saturated carbocycles. The van der Waals surface area contributed by atoms with Crippen molar-refractivity contribution in [2.24, 2.45) is 0 Å². The summed E-state index contributed by atoms with van der Waals surface area (Å²) in [7, 11) is -3.59. The first kappa shape index (κ1) is 32.6. The Kier molecular flexibility index (Phi) is 11.7. The number of hydrogen-bond acceptors (Lipinski definition) is 4. The van der Waals surface area contributed by atoms with Crippen molar-refractivity contribution in [3.05, 3.63) is 101 Å². The molecule has 1 aliphatic rings. The highest BCUT2D eigenvalue weighted by molar-refractivity contribution is 7.92. The summed E-state index contributed by atoms with van der Waals surface area (Å²) < 4.78 is 26.5. The van der Waals surface area contributed by atoms with Crippen molar-refractivity contribution in [1.29, 1.82) is 0 Å². The van der Waals surface area contributed by atoms with Crippen LogP contribution in [0.4, 0.5) is 5.69 Å². The predicted octanol–water partition coefficient (Wildman–Crippen LogP) is 6.28. The van der Waals surface area contributed by atoms with E-state index in [9.17, 15) is 18.0 Å². The molecule has 3 aromatic carbocycles. The molecule has 0 saturated heterocycles. The maximum Gasteiger partial charge on any atom is 0.243 e. The highest BCUT2D eigenvalue weighted by Crippen LogP contribution is 2.23. The first-order valence-corrected chi connectivity index (χ1v) is 17.3. The summed E-state index contributed by atoms with van der Waals surface area (Å²) in [4.78, 5) is 29.6. The number of carbonyl (C=O) groups excluding carboxylic acids is 2. The third-order valence-electron chi connectivity index (χ3n) is 7.96. The minimum absolute atomic E-state index is 0.0907. The van der Waals surface area contributed by atoms with Crippen molar-refractivity contribution in [1.82, 2.24) is 10.2 Å². The van der Waals surface area contributed by atoms with Crippen molar-refractivity contribution in [3.8, 4) is 0 Å². The zero-order valence-electron chi connectivity index (χ0n) is 25.0. The molecule has 0 aromatic heterocycles. The van der Waals surface area contributed by atoms with Gasteiger partial charge in [-0.15, -0.1) is 0 Å². The molecule has 9 heteroatoms. The second-order valence-electron chi connectivity index (χ2n) is 11.5. The molecular formula is C34H42ClN3O4S. The van der Waals surface area contributed by atoms with Crippen LogP contribution in [0.5, 0.6) is 0 Å². The Balaban J connectivity index is 1.58. The van der Waals surface area contributed by atoms with Crippen molar-refractivity contribution < 1.29 is 18.0 Å². The van der Waals surface area contributed by atoms with Crippen molar-refractivity contribution >= 4 is 39.1 Å². The molecular weight excluding hydrogens is 582 g/mol. The molecule has 3 aromatic rings. The Morgan fingerprint density at radius 2 is 1.56 bits per heavy atom. The molecule has 230 valence electrons. The van der Waals surface area contributed by atoms with Gasteiger partial charge in [-0.2, -0.15) is 0 Å². The number of rotatable bonds is 13. The van der Waals surface area contributed by atoms with E-state index in [1.165, 1.54) is 10.7 Å². The van der Waals surface area contributed by atoms with E-state index in [1.807, 2.05) is 61.5 Å². The van der Waals surface area contributed by atoms with E-state index in [0.29, 0.717) is 23.6 Å². The molecule has 0 bridgehead atoms. The maximum absolute atomic E-state index is 14.0. The Hall–Kier alpha value is -3.36. The molecule has 0 spiro atoms. The minimum atomic E-state index is -3.59. The number of anilines is 1. The van der Waals surface area contributed by atoms with Gasteiger partial charge in [0.25, 0.3) is 0 Å². The maximum atomic E-state index is 14.0. The minimum Gasteiger partial charge on any atom is -0.352 e. The van der Waals surface area contributed by atoms with Gasteiger partial charge in [0.1, 0.15) is 6.04 Å². The van der Waals surface area contributed by atoms with Crippen LogP contribution in [-0.4, -0.2) is 50.0 Å². The van der Waals surface area contributed by atoms with Crippen LogP contribution in [0.15, 0.2) is 78.9 Å². The topological polar surface area (TPSA) is 86.8 Å². The van der Waals surface area contributed by atoms with Gasteiger partial charge in [0.15, 0.2) is 0 Å². The Morgan fingerprint density at radius 1 is 0.907 bits per heavy atom. The fourth-order valence-electron chi connectivity index (χ4n) is 5.60. The molecule has 1 unspecified atom stereocenters. The van der Waals surface area contributed by atoms with Crippen LogP contribution in [0, 0.1) is 6.92 Å². The summed E-state index contributed by atoms with van der Waals surface area (Å²) in [6.45, 7) is 2.42. The molecule has 7 nitrogen and oxygen atoms in total. The van der Waals surface area contributed by atoms with Crippen molar-refractivity contribution in [2.45, 2.75) is 76.9 Å². The monoisotopic (exact) mass is 623 g/mol. The fourth-order valence-corrected chi connectivity index (χ4v) is 6.69. The van der Waals surface area contributed by atoms with Gasteiger partial charge in [0.2, 0.25) is 21.8 Å². The molecule has 1 aliphatic carbocycles. The lowest BCUT2D eigenvalue weighted by atomic mass is 9.94. The number of sulfonamides is 1. The van der Waals surface area contributed by atoms with Crippen LogP contribution >= 0.6 is 11.6 Å². The molecule has 43 heavy (non-hydrogen) atoms. The third-order valence-corrected chi connectivity index (χ3v) is 9.41. The summed E-state index contributed by atoms with van der Waals surface area (Å²) in [6, 6.07) is 23.7. The Morgan fingerprint density at radius 3 is 2.19 bits per heavy atom. The molecule has 4 rings (SSSR count). The number of carbonyl (C=O) groups is 2. The SMILES string of the molecule is Cc1ccc(CN(C(=O)CCCN(c2ccc(Cl)cc2)S(C)(=O)=O)C(Cc2ccccc2)C(=O)NC2CCCCC2)cc1. The summed E-state index contributed by atoms with van der Waals surface area (Å²) >= 11 is 6.01. The largest absolute Gasteiger partial charge is 0.352 e. The molecule has 1 fully saturated rings. The molecule has 1 N–H and O–H groups in total. The Labute approximate surface area is 261 Å². The van der Waals surface area contributed by atoms with Gasteiger partial charge in [-0.1, -0.05) is 91.0 Å². The lowest BCUT2D eigenvalue weighted by Gasteiger charge is -2.34. The van der Waals surface area contributed by atoms with Gasteiger partial charge in [-0.25, -0.2) is 8.42 Å². The van der Waals surface area contributed by atoms with Gasteiger partial charge in [0.05, 0.1) is 11.9 Å². The van der Waals surface area contributed by atoms with Crippen molar-refractivity contribution in [3.63, 3.8) is 0 Å². The third kappa shape index (κ3) is 9.83. The second-order valence-corrected chi connectivity index (χ2v) is 13.8. The highest BCUT2D eigenvalue weighted by atomic mass is 35.5. The molecule has 0 heterocycles. The van der Waals surface area contributed by atoms with Crippen LogP contribution in [0.2, 0.25) is 5.02 Å². The smallest absolute Gasteiger partial charge is 0.243 e. The van der Waals surface area contributed by atoms with Crippen LogP contribution in [-0.2, 0) is 32.6 Å². The van der Waals surface area contributed by atoms with E-state index in [0.717, 1.165) is 48.6 Å². The summed E-state index contributed by atoms with van der Waals surface area (Å²) in [5.74, 6) is -0.333. The fraction of sp³-hybridized carbons (Fsp3) is 0.412. The summed E-state index contributed by atoms with van der Waals surface area (Å²) in [5.41, 5.74) is 3.51. The van der Waals surface area contributed by atoms with Crippen molar-refractivity contribution in [2.75, 3.05) is 17.1 Å². The van der Waals surface area contributed by atoms with Gasteiger partial charge >= 0.3 is 0 Å². The molecule has 1 atom stereocenters. The van der Waals surface area contributed by atoms with Crippen LogP contribution in [0.1, 0.15) is 61.6 Å². The number of benzene rings is 3. The van der Waals surface area contributed by atoms with E-state index in [1.54, 1.807) is 29.2 Å². The lowest BCUT2D eigenvalue weighted by molar-refractivity contribution is -0.141. The van der Waals surface area contributed by atoms with E-state index < -0.39 is 16.1 Å². The van der Waals surface area contributed by atoms with Crippen LogP contribution in [0.3, 0.4) is 0 Å². The standard InChI is InChI=1S/C34H42ClN3O4S/c1-26-15-17-28(18-16-26)25-37(33(39)14-9-23-38(43(2,41)42)31-21-19-29(35)20-22-31)32(24-27-10-5-3-6-11-27)34(40)36-30-12-7-4-8-13-30/h3,5-6,10-11,15-22,30,32H,4,7-9,12-14,23-25H2,1-2H3,(H,36,40). The molecule has 0 aliphatic heterocycles. The van der Waals surface area contributed by atoms with Gasteiger partial charge in [0, 0.05) is 37.0 Å². The van der Waals surface area contributed by atoms with Crippen LogP contribution < -0.4 is 9.62 Å². The zero-order valence-corrected chi connectivity index (χ0v) is 26.6. The van der Waals surface area contributed by atoms with E-state index in [-0.39, 0.29) is 37.4 Å². The molecule has 0 radical (unpaired) electrons. The first-order chi connectivity index (χ1) is 20.6. The van der Waals surface area contributed by atoms with E-state index >= 15 is 0 Å². The summed E-state index contributed by atoms with van der Waals surface area (Å²) in [5, 5.41) is 3.77. The average molecular weight is 624 g/mol. The Bertz CT molecular complexity index is 1440. The number of amides is 2. The lowest BCUT2D eigenvalue weighted by Crippen LogP contribution is -2.52.